The first-order valence-corrected chi connectivity index (χ1v) is 6.05. The third-order valence-electron chi connectivity index (χ3n) is 3.37. The van der Waals surface area contributed by atoms with E-state index in [9.17, 15) is 10.1 Å². The van der Waals surface area contributed by atoms with Gasteiger partial charge in [0.2, 0.25) is 11.5 Å². The largest absolute Gasteiger partial charge is 0.372 e. The van der Waals surface area contributed by atoms with Crippen molar-refractivity contribution in [1.82, 2.24) is 9.38 Å². The van der Waals surface area contributed by atoms with Crippen molar-refractivity contribution in [3.8, 4) is 0 Å². The zero-order valence-electron chi connectivity index (χ0n) is 10.0. The average Bonchev–Trinajstić information content (AvgIpc) is 3.10. The summed E-state index contributed by atoms with van der Waals surface area (Å²) in [4.78, 5) is 15.1. The van der Waals surface area contributed by atoms with Crippen LogP contribution < -0.4 is 5.32 Å². The second kappa shape index (κ2) is 3.97. The molecule has 1 aliphatic carbocycles. The van der Waals surface area contributed by atoms with E-state index >= 15 is 0 Å². The first-order chi connectivity index (χ1) is 8.66. The number of nitrogens with zero attached hydrogens (tertiary/aromatic N) is 3. The number of anilines is 1. The molecule has 1 unspecified atom stereocenters. The Balaban J connectivity index is 2.03. The number of aromatic nitrogens is 2. The van der Waals surface area contributed by atoms with Gasteiger partial charge in [0.05, 0.1) is 6.20 Å². The van der Waals surface area contributed by atoms with E-state index < -0.39 is 0 Å². The summed E-state index contributed by atoms with van der Waals surface area (Å²) in [6.45, 7) is 2.05. The van der Waals surface area contributed by atoms with E-state index in [2.05, 4.69) is 10.3 Å². The smallest absolute Gasteiger partial charge is 0.360 e. The molecule has 3 rings (SSSR count). The molecule has 1 atom stereocenters. The van der Waals surface area contributed by atoms with Crippen LogP contribution in [-0.2, 0) is 0 Å². The molecule has 0 amide bonds. The molecule has 1 fully saturated rings. The lowest BCUT2D eigenvalue weighted by atomic mass is 10.2. The van der Waals surface area contributed by atoms with Crippen LogP contribution in [0.2, 0.25) is 0 Å². The Morgan fingerprint density at radius 3 is 3.00 bits per heavy atom. The van der Waals surface area contributed by atoms with Gasteiger partial charge in [-0.15, -0.1) is 0 Å². The van der Waals surface area contributed by atoms with Gasteiger partial charge in [0.1, 0.15) is 0 Å². The molecule has 94 valence electrons. The Morgan fingerprint density at radius 1 is 1.56 bits per heavy atom. The summed E-state index contributed by atoms with van der Waals surface area (Å²) in [5, 5.41) is 14.3. The quantitative estimate of drug-likeness (QED) is 0.664. The van der Waals surface area contributed by atoms with Crippen molar-refractivity contribution in [2.45, 2.75) is 25.8 Å². The van der Waals surface area contributed by atoms with Crippen molar-refractivity contribution in [2.24, 2.45) is 5.92 Å². The fraction of sp³-hybridized carbons (Fsp3) is 0.417. The molecule has 1 saturated carbocycles. The minimum atomic E-state index is -0.387. The second-order valence-electron chi connectivity index (χ2n) is 4.74. The third-order valence-corrected chi connectivity index (χ3v) is 3.37. The van der Waals surface area contributed by atoms with Gasteiger partial charge >= 0.3 is 5.82 Å². The number of hydrogen-bond donors (Lipinski definition) is 1. The van der Waals surface area contributed by atoms with Crippen LogP contribution in [0.4, 0.5) is 11.6 Å². The monoisotopic (exact) mass is 246 g/mol. The van der Waals surface area contributed by atoms with Gasteiger partial charge < -0.3 is 15.4 Å². The van der Waals surface area contributed by atoms with Gasteiger partial charge in [-0.3, -0.25) is 0 Å². The highest BCUT2D eigenvalue weighted by molar-refractivity contribution is 5.62. The van der Waals surface area contributed by atoms with Crippen LogP contribution in [0.15, 0.2) is 24.4 Å². The van der Waals surface area contributed by atoms with Crippen molar-refractivity contribution in [3.05, 3.63) is 34.5 Å². The molecule has 18 heavy (non-hydrogen) atoms. The predicted molar refractivity (Wildman–Crippen MR) is 67.7 cm³/mol. The lowest BCUT2D eigenvalue weighted by Gasteiger charge is -2.10. The maximum absolute atomic E-state index is 11.2. The van der Waals surface area contributed by atoms with E-state index in [1.807, 2.05) is 13.0 Å². The fourth-order valence-corrected chi connectivity index (χ4v) is 2.18. The maximum Gasteiger partial charge on any atom is 0.372 e. The highest BCUT2D eigenvalue weighted by Gasteiger charge is 2.31. The predicted octanol–water partition coefficient (Wildman–Crippen LogP) is 2.45. The number of nitro groups is 1. The van der Waals surface area contributed by atoms with E-state index in [0.717, 1.165) is 0 Å². The van der Waals surface area contributed by atoms with Crippen LogP contribution in [0.1, 0.15) is 19.8 Å². The van der Waals surface area contributed by atoms with Gasteiger partial charge in [0, 0.05) is 12.1 Å². The molecule has 2 aromatic rings. The third kappa shape index (κ3) is 1.79. The van der Waals surface area contributed by atoms with Gasteiger partial charge in [-0.2, -0.15) is 9.38 Å². The topological polar surface area (TPSA) is 72.5 Å². The summed E-state index contributed by atoms with van der Waals surface area (Å²) in [5.74, 6) is 0.998. The molecular formula is C12H14N4O2. The normalized spacial score (nSPS) is 16.7. The molecule has 0 aliphatic heterocycles. The van der Waals surface area contributed by atoms with Crippen LogP contribution in [0.25, 0.3) is 5.65 Å². The number of imidazole rings is 1. The van der Waals surface area contributed by atoms with E-state index in [1.54, 1.807) is 18.3 Å². The molecule has 1 aliphatic rings. The van der Waals surface area contributed by atoms with E-state index in [4.69, 9.17) is 0 Å². The SMILES string of the molecule is CC(Nc1nc2ccccn2c1[N+](=O)[O-])C1CC1. The molecule has 0 bridgehead atoms. The van der Waals surface area contributed by atoms with Crippen molar-refractivity contribution in [2.75, 3.05) is 5.32 Å². The lowest BCUT2D eigenvalue weighted by molar-refractivity contribution is -0.389. The van der Waals surface area contributed by atoms with Crippen LogP contribution in [0.3, 0.4) is 0 Å². The molecule has 2 aromatic heterocycles. The molecule has 1 N–H and O–H groups in total. The number of fused-ring (bicyclic) bond motifs is 1. The molecule has 0 radical (unpaired) electrons. The van der Waals surface area contributed by atoms with Crippen molar-refractivity contribution >= 4 is 17.3 Å². The summed E-state index contributed by atoms with van der Waals surface area (Å²) in [6, 6.07) is 5.57. The standard InChI is InChI=1S/C12H14N4O2/c1-8(9-5-6-9)13-11-12(16(17)18)15-7-3-2-4-10(15)14-11/h2-4,7-9,13H,5-6H2,1H3. The Bertz CT molecular complexity index is 603. The highest BCUT2D eigenvalue weighted by Crippen LogP contribution is 2.35. The second-order valence-corrected chi connectivity index (χ2v) is 4.74. The summed E-state index contributed by atoms with van der Waals surface area (Å²) in [6.07, 6.45) is 4.04. The molecule has 0 spiro atoms. The van der Waals surface area contributed by atoms with Gasteiger partial charge in [0.25, 0.3) is 0 Å². The Morgan fingerprint density at radius 2 is 2.33 bits per heavy atom. The summed E-state index contributed by atoms with van der Waals surface area (Å²) in [7, 11) is 0. The first kappa shape index (κ1) is 11.0. The van der Waals surface area contributed by atoms with Crippen LogP contribution in [0, 0.1) is 16.0 Å². The van der Waals surface area contributed by atoms with E-state index in [1.165, 1.54) is 17.2 Å². The number of pyridine rings is 1. The van der Waals surface area contributed by atoms with Crippen LogP contribution in [0.5, 0.6) is 0 Å². The first-order valence-electron chi connectivity index (χ1n) is 6.05. The van der Waals surface area contributed by atoms with Gasteiger partial charge in [-0.25, -0.2) is 0 Å². The van der Waals surface area contributed by atoms with Crippen LogP contribution >= 0.6 is 0 Å². The van der Waals surface area contributed by atoms with Crippen LogP contribution in [-0.4, -0.2) is 20.3 Å². The number of hydrogen-bond acceptors (Lipinski definition) is 4. The average molecular weight is 246 g/mol. The molecule has 6 heteroatoms. The van der Waals surface area contributed by atoms with Crippen molar-refractivity contribution < 1.29 is 4.92 Å². The number of nitrogens with one attached hydrogen (secondary N) is 1. The zero-order valence-corrected chi connectivity index (χ0v) is 10.0. The molecular weight excluding hydrogens is 232 g/mol. The zero-order chi connectivity index (χ0) is 12.7. The van der Waals surface area contributed by atoms with Gasteiger partial charge in [-0.05, 0) is 36.7 Å². The fourth-order valence-electron chi connectivity index (χ4n) is 2.18. The Labute approximate surface area is 104 Å². The number of rotatable bonds is 4. The van der Waals surface area contributed by atoms with Crippen molar-refractivity contribution in [3.63, 3.8) is 0 Å². The minimum Gasteiger partial charge on any atom is -0.360 e. The summed E-state index contributed by atoms with van der Waals surface area (Å²) in [5.41, 5.74) is 0.592. The molecule has 0 saturated heterocycles. The molecule has 0 aromatic carbocycles. The van der Waals surface area contributed by atoms with E-state index in [0.29, 0.717) is 17.4 Å². The molecule has 6 nitrogen and oxygen atoms in total. The van der Waals surface area contributed by atoms with Gasteiger partial charge in [-0.1, -0.05) is 6.07 Å². The maximum atomic E-state index is 11.2. The highest BCUT2D eigenvalue weighted by atomic mass is 16.6. The summed E-state index contributed by atoms with van der Waals surface area (Å²) >= 11 is 0. The Hall–Kier alpha value is -2.11. The van der Waals surface area contributed by atoms with Gasteiger partial charge in [0.15, 0.2) is 0 Å². The lowest BCUT2D eigenvalue weighted by Crippen LogP contribution is -2.18. The molecule has 2 heterocycles. The summed E-state index contributed by atoms with van der Waals surface area (Å²) < 4.78 is 1.50. The van der Waals surface area contributed by atoms with Crippen molar-refractivity contribution in [1.29, 1.82) is 0 Å². The minimum absolute atomic E-state index is 0.0121. The van der Waals surface area contributed by atoms with E-state index in [-0.39, 0.29) is 16.8 Å². The Kier molecular flexibility index (Phi) is 2.43.